The molecule has 4 nitrogen and oxygen atoms in total. The molecular weight excluding hydrogens is 334 g/mol. The molecule has 2 heterocycles. The van der Waals surface area contributed by atoms with Crippen LogP contribution in [0.15, 0.2) is 30.3 Å². The minimum absolute atomic E-state index is 0.179. The Balaban J connectivity index is 1.64. The van der Waals surface area contributed by atoms with Crippen molar-refractivity contribution in [2.24, 2.45) is 5.41 Å². The molecular formula is C20H25NO3S. The van der Waals surface area contributed by atoms with Crippen molar-refractivity contribution < 1.29 is 14.3 Å². The predicted molar refractivity (Wildman–Crippen MR) is 100 cm³/mol. The number of fused-ring (bicyclic) bond motifs is 1. The lowest BCUT2D eigenvalue weighted by molar-refractivity contribution is -0.142. The van der Waals surface area contributed by atoms with Crippen LogP contribution >= 0.6 is 11.3 Å². The van der Waals surface area contributed by atoms with Crippen LogP contribution in [0.1, 0.15) is 36.8 Å². The van der Waals surface area contributed by atoms with Crippen molar-refractivity contribution >= 4 is 17.3 Å². The summed E-state index contributed by atoms with van der Waals surface area (Å²) >= 11 is 1.61. The van der Waals surface area contributed by atoms with Crippen molar-refractivity contribution in [1.82, 2.24) is 4.90 Å². The number of carbonyl (C=O) groups is 1. The van der Waals surface area contributed by atoms with Gasteiger partial charge in [-0.2, -0.15) is 0 Å². The first-order chi connectivity index (χ1) is 11.8. The van der Waals surface area contributed by atoms with E-state index in [4.69, 9.17) is 9.47 Å². The maximum Gasteiger partial charge on any atom is 0.317 e. The molecule has 0 amide bonds. The molecule has 0 bridgehead atoms. The summed E-state index contributed by atoms with van der Waals surface area (Å²) < 4.78 is 10.8. The second-order valence-electron chi connectivity index (χ2n) is 7.46. The highest BCUT2D eigenvalue weighted by molar-refractivity contribution is 7.14. The Morgan fingerprint density at radius 1 is 1.24 bits per heavy atom. The van der Waals surface area contributed by atoms with Crippen LogP contribution in [0.2, 0.25) is 0 Å². The van der Waals surface area contributed by atoms with E-state index in [1.54, 1.807) is 18.4 Å². The van der Waals surface area contributed by atoms with Gasteiger partial charge in [-0.1, -0.05) is 12.1 Å². The van der Waals surface area contributed by atoms with Gasteiger partial charge in [-0.3, -0.25) is 9.69 Å². The van der Waals surface area contributed by atoms with Crippen molar-refractivity contribution in [1.29, 1.82) is 0 Å². The van der Waals surface area contributed by atoms with Crippen LogP contribution in [0, 0.1) is 5.41 Å². The Labute approximate surface area is 153 Å². The van der Waals surface area contributed by atoms with Gasteiger partial charge in [0.25, 0.3) is 0 Å². The van der Waals surface area contributed by atoms with Crippen molar-refractivity contribution in [2.75, 3.05) is 13.7 Å². The van der Waals surface area contributed by atoms with Gasteiger partial charge >= 0.3 is 5.97 Å². The summed E-state index contributed by atoms with van der Waals surface area (Å²) in [5.74, 6) is 0.703. The third kappa shape index (κ3) is 4.41. The van der Waals surface area contributed by atoms with E-state index < -0.39 is 5.41 Å². The number of thiophene rings is 1. The first-order valence-electron chi connectivity index (χ1n) is 8.54. The van der Waals surface area contributed by atoms with Crippen LogP contribution in [0.4, 0.5) is 0 Å². The van der Waals surface area contributed by atoms with Crippen LogP contribution < -0.4 is 9.47 Å². The summed E-state index contributed by atoms with van der Waals surface area (Å²) in [5.41, 5.74) is 2.07. The number of esters is 1. The number of rotatable bonds is 4. The minimum Gasteiger partial charge on any atom is -0.497 e. The SMILES string of the molecule is COc1ccc(CN2CCc3sc(OC(=O)C(C)(C)C)cc3C2)cc1. The second kappa shape index (κ2) is 7.18. The fourth-order valence-corrected chi connectivity index (χ4v) is 3.79. The molecule has 0 fully saturated rings. The van der Waals surface area contributed by atoms with Crippen molar-refractivity contribution in [3.8, 4) is 10.8 Å². The summed E-state index contributed by atoms with van der Waals surface area (Å²) in [6.07, 6.45) is 1.00. The molecule has 1 aromatic heterocycles. The van der Waals surface area contributed by atoms with Gasteiger partial charge in [-0.25, -0.2) is 0 Å². The fraction of sp³-hybridized carbons (Fsp3) is 0.450. The zero-order chi connectivity index (χ0) is 18.0. The zero-order valence-corrected chi connectivity index (χ0v) is 16.1. The maximum atomic E-state index is 12.1. The second-order valence-corrected chi connectivity index (χ2v) is 8.56. The van der Waals surface area contributed by atoms with Crippen LogP contribution in [0.5, 0.6) is 10.8 Å². The smallest absolute Gasteiger partial charge is 0.317 e. The van der Waals surface area contributed by atoms with Crippen molar-refractivity contribution in [3.05, 3.63) is 46.3 Å². The summed E-state index contributed by atoms with van der Waals surface area (Å²) in [5, 5.41) is 0.719. The lowest BCUT2D eigenvalue weighted by Crippen LogP contribution is -2.29. The van der Waals surface area contributed by atoms with Crippen LogP contribution in [-0.4, -0.2) is 24.5 Å². The fourth-order valence-electron chi connectivity index (χ4n) is 2.78. The van der Waals surface area contributed by atoms with Gasteiger partial charge in [0.2, 0.25) is 0 Å². The van der Waals surface area contributed by atoms with E-state index in [0.717, 1.165) is 36.9 Å². The number of hydrogen-bond donors (Lipinski definition) is 0. The van der Waals surface area contributed by atoms with E-state index >= 15 is 0 Å². The van der Waals surface area contributed by atoms with Gasteiger partial charge in [-0.05, 0) is 56.5 Å². The average molecular weight is 359 g/mol. The molecule has 0 radical (unpaired) electrons. The first kappa shape index (κ1) is 18.0. The Bertz CT molecular complexity index is 743. The Hall–Kier alpha value is -1.85. The highest BCUT2D eigenvalue weighted by atomic mass is 32.1. The molecule has 134 valence electrons. The quantitative estimate of drug-likeness (QED) is 0.765. The molecule has 0 aliphatic carbocycles. The lowest BCUT2D eigenvalue weighted by atomic mass is 9.97. The molecule has 1 aromatic carbocycles. The number of benzene rings is 1. The molecule has 1 aliphatic heterocycles. The van der Waals surface area contributed by atoms with Gasteiger partial charge in [0.1, 0.15) is 5.75 Å². The monoisotopic (exact) mass is 359 g/mol. The van der Waals surface area contributed by atoms with Gasteiger partial charge in [0.15, 0.2) is 5.06 Å². The van der Waals surface area contributed by atoms with Crippen molar-refractivity contribution in [3.63, 3.8) is 0 Å². The molecule has 25 heavy (non-hydrogen) atoms. The number of carbonyl (C=O) groups excluding carboxylic acids is 1. The molecule has 0 spiro atoms. The van der Waals surface area contributed by atoms with E-state index in [9.17, 15) is 4.79 Å². The number of methoxy groups -OCH3 is 1. The minimum atomic E-state index is -0.481. The molecule has 3 rings (SSSR count). The Morgan fingerprint density at radius 3 is 2.60 bits per heavy atom. The third-order valence-electron chi connectivity index (χ3n) is 4.29. The van der Waals surface area contributed by atoms with Gasteiger partial charge < -0.3 is 9.47 Å². The Morgan fingerprint density at radius 2 is 1.96 bits per heavy atom. The van der Waals surface area contributed by atoms with E-state index in [0.29, 0.717) is 0 Å². The van der Waals surface area contributed by atoms with E-state index in [1.165, 1.54) is 16.0 Å². The molecule has 0 saturated heterocycles. The summed E-state index contributed by atoms with van der Waals surface area (Å²) in [6.45, 7) is 8.45. The van der Waals surface area contributed by atoms with E-state index in [2.05, 4.69) is 17.0 Å². The average Bonchev–Trinajstić information content (AvgIpc) is 2.96. The third-order valence-corrected chi connectivity index (χ3v) is 5.41. The zero-order valence-electron chi connectivity index (χ0n) is 15.3. The number of ether oxygens (including phenoxy) is 2. The lowest BCUT2D eigenvalue weighted by Gasteiger charge is -2.26. The van der Waals surface area contributed by atoms with Crippen LogP contribution in [-0.2, 0) is 24.3 Å². The summed E-state index contributed by atoms with van der Waals surface area (Å²) in [4.78, 5) is 15.8. The Kier molecular flexibility index (Phi) is 5.16. The van der Waals surface area contributed by atoms with E-state index in [1.807, 2.05) is 39.0 Å². The topological polar surface area (TPSA) is 38.8 Å². The molecule has 1 aliphatic rings. The highest BCUT2D eigenvalue weighted by Gasteiger charge is 2.26. The maximum absolute atomic E-state index is 12.1. The predicted octanol–water partition coefficient (Wildman–Crippen LogP) is 4.27. The standard InChI is InChI=1S/C20H25NO3S/c1-20(2,3)19(22)24-18-11-15-13-21(10-9-17(15)25-18)12-14-5-7-16(23-4)8-6-14/h5-8,11H,9-10,12-13H2,1-4H3. The number of nitrogens with zero attached hydrogens (tertiary/aromatic N) is 1. The van der Waals surface area contributed by atoms with Crippen LogP contribution in [0.25, 0.3) is 0 Å². The molecule has 2 aromatic rings. The van der Waals surface area contributed by atoms with Gasteiger partial charge in [0, 0.05) is 24.5 Å². The molecule has 5 heteroatoms. The van der Waals surface area contributed by atoms with Gasteiger partial charge in [0.05, 0.1) is 12.5 Å². The molecule has 0 saturated carbocycles. The first-order valence-corrected chi connectivity index (χ1v) is 9.36. The molecule has 0 atom stereocenters. The highest BCUT2D eigenvalue weighted by Crippen LogP contribution is 2.35. The summed E-state index contributed by atoms with van der Waals surface area (Å²) in [7, 11) is 1.68. The summed E-state index contributed by atoms with van der Waals surface area (Å²) in [6, 6.07) is 10.2. The van der Waals surface area contributed by atoms with Crippen molar-refractivity contribution in [2.45, 2.75) is 40.3 Å². The molecule has 0 unspecified atom stereocenters. The van der Waals surface area contributed by atoms with Crippen LogP contribution in [0.3, 0.4) is 0 Å². The largest absolute Gasteiger partial charge is 0.497 e. The number of hydrogen-bond acceptors (Lipinski definition) is 5. The van der Waals surface area contributed by atoms with E-state index in [-0.39, 0.29) is 5.97 Å². The normalized spacial score (nSPS) is 14.9. The van der Waals surface area contributed by atoms with Gasteiger partial charge in [-0.15, -0.1) is 11.3 Å². The molecule has 0 N–H and O–H groups in total.